The van der Waals surface area contributed by atoms with Crippen molar-refractivity contribution in [3.63, 3.8) is 0 Å². The van der Waals surface area contributed by atoms with Crippen LogP contribution in [0.4, 0.5) is 0 Å². The third-order valence-corrected chi connectivity index (χ3v) is 6.74. The highest BCUT2D eigenvalue weighted by Gasteiger charge is 2.33. The second-order valence-electron chi connectivity index (χ2n) is 7.54. The molecular formula is C24H21N3O2S. The fourth-order valence-electron chi connectivity index (χ4n) is 4.31. The number of nitrogens with zero attached hydrogens (tertiary/aromatic N) is 3. The van der Waals surface area contributed by atoms with Gasteiger partial charge in [-0.25, -0.2) is 4.68 Å². The Kier molecular flexibility index (Phi) is 4.71. The number of rotatable bonds is 3. The minimum absolute atomic E-state index is 0.0622. The molecule has 0 saturated heterocycles. The SMILES string of the molecule is Cc1nn(CC(=O)N2CCc3sccc3C2c2ccccc2)c(=O)c2ccccc12. The van der Waals surface area contributed by atoms with Gasteiger partial charge in [0.05, 0.1) is 17.1 Å². The monoisotopic (exact) mass is 415 g/mol. The van der Waals surface area contributed by atoms with E-state index in [4.69, 9.17) is 0 Å². The molecule has 1 aliphatic heterocycles. The van der Waals surface area contributed by atoms with Gasteiger partial charge in [0, 0.05) is 16.8 Å². The summed E-state index contributed by atoms with van der Waals surface area (Å²) in [7, 11) is 0. The molecule has 1 aliphatic rings. The molecule has 6 heteroatoms. The van der Waals surface area contributed by atoms with Gasteiger partial charge in [-0.05, 0) is 42.0 Å². The Morgan fingerprint density at radius 1 is 1.07 bits per heavy atom. The molecule has 0 bridgehead atoms. The minimum atomic E-state index is -0.228. The molecule has 1 amide bonds. The van der Waals surface area contributed by atoms with Crippen molar-refractivity contribution < 1.29 is 4.79 Å². The number of carbonyl (C=O) groups excluding carboxylic acids is 1. The number of amides is 1. The lowest BCUT2D eigenvalue weighted by molar-refractivity contribution is -0.134. The maximum atomic E-state index is 13.4. The molecular weight excluding hydrogens is 394 g/mol. The van der Waals surface area contributed by atoms with Crippen LogP contribution in [0.15, 0.2) is 70.8 Å². The van der Waals surface area contributed by atoms with Gasteiger partial charge >= 0.3 is 0 Å². The standard InChI is InChI=1S/C24H21N3O2S/c1-16-18-9-5-6-10-19(18)24(29)27(25-16)15-22(28)26-13-11-21-20(12-14-30-21)23(26)17-7-3-2-4-8-17/h2-10,12,14,23H,11,13,15H2,1H3. The fourth-order valence-corrected chi connectivity index (χ4v) is 5.21. The summed E-state index contributed by atoms with van der Waals surface area (Å²) in [6.07, 6.45) is 0.834. The van der Waals surface area contributed by atoms with Crippen LogP contribution in [0.1, 0.15) is 27.7 Å². The number of aromatic nitrogens is 2. The number of hydrogen-bond donors (Lipinski definition) is 0. The van der Waals surface area contributed by atoms with Crippen molar-refractivity contribution in [1.82, 2.24) is 14.7 Å². The normalized spacial score (nSPS) is 15.9. The summed E-state index contributed by atoms with van der Waals surface area (Å²) in [5, 5.41) is 7.94. The Hall–Kier alpha value is -3.25. The molecule has 2 aromatic carbocycles. The Labute approximate surface area is 178 Å². The van der Waals surface area contributed by atoms with E-state index < -0.39 is 0 Å². The van der Waals surface area contributed by atoms with E-state index in [-0.39, 0.29) is 24.1 Å². The number of thiophene rings is 1. The van der Waals surface area contributed by atoms with Gasteiger partial charge in [-0.3, -0.25) is 9.59 Å². The van der Waals surface area contributed by atoms with Crippen molar-refractivity contribution in [1.29, 1.82) is 0 Å². The lowest BCUT2D eigenvalue weighted by atomic mass is 9.93. The highest BCUT2D eigenvalue weighted by molar-refractivity contribution is 7.10. The molecule has 0 saturated carbocycles. The maximum Gasteiger partial charge on any atom is 0.275 e. The molecule has 0 aliphatic carbocycles. The molecule has 5 rings (SSSR count). The first-order chi connectivity index (χ1) is 14.6. The molecule has 0 N–H and O–H groups in total. The third-order valence-electron chi connectivity index (χ3n) is 5.74. The number of fused-ring (bicyclic) bond motifs is 2. The van der Waals surface area contributed by atoms with Gasteiger partial charge in [0.2, 0.25) is 5.91 Å². The van der Waals surface area contributed by atoms with Crippen LogP contribution in [0.3, 0.4) is 0 Å². The van der Waals surface area contributed by atoms with Crippen LogP contribution in [0.2, 0.25) is 0 Å². The number of benzene rings is 2. The van der Waals surface area contributed by atoms with Crippen molar-refractivity contribution in [2.24, 2.45) is 0 Å². The molecule has 1 unspecified atom stereocenters. The summed E-state index contributed by atoms with van der Waals surface area (Å²) >= 11 is 1.74. The van der Waals surface area contributed by atoms with Crippen molar-refractivity contribution in [2.75, 3.05) is 6.54 Å². The first kappa shape index (κ1) is 18.8. The minimum Gasteiger partial charge on any atom is -0.330 e. The van der Waals surface area contributed by atoms with Crippen molar-refractivity contribution in [3.8, 4) is 0 Å². The van der Waals surface area contributed by atoms with Crippen molar-refractivity contribution >= 4 is 28.0 Å². The van der Waals surface area contributed by atoms with Crippen LogP contribution in [-0.4, -0.2) is 27.1 Å². The molecule has 0 radical (unpaired) electrons. The van der Waals surface area contributed by atoms with Crippen LogP contribution >= 0.6 is 11.3 Å². The molecule has 4 aromatic rings. The van der Waals surface area contributed by atoms with E-state index in [0.717, 1.165) is 23.1 Å². The average Bonchev–Trinajstić information content (AvgIpc) is 3.26. The van der Waals surface area contributed by atoms with E-state index in [1.165, 1.54) is 15.1 Å². The van der Waals surface area contributed by atoms with Crippen LogP contribution in [0.25, 0.3) is 10.8 Å². The third kappa shape index (κ3) is 3.13. The zero-order valence-electron chi connectivity index (χ0n) is 16.6. The summed E-state index contributed by atoms with van der Waals surface area (Å²) in [4.78, 5) is 29.6. The smallest absolute Gasteiger partial charge is 0.275 e. The summed E-state index contributed by atoms with van der Waals surface area (Å²) in [6, 6.07) is 19.5. The van der Waals surface area contributed by atoms with Gasteiger partial charge in [-0.15, -0.1) is 11.3 Å². The molecule has 1 atom stereocenters. The zero-order chi connectivity index (χ0) is 20.7. The van der Waals surface area contributed by atoms with Gasteiger partial charge in [-0.1, -0.05) is 48.5 Å². The number of aryl methyl sites for hydroxylation is 1. The second-order valence-corrected chi connectivity index (χ2v) is 8.54. The molecule has 150 valence electrons. The summed E-state index contributed by atoms with van der Waals surface area (Å²) in [5.74, 6) is -0.0926. The van der Waals surface area contributed by atoms with Gasteiger partial charge in [0.25, 0.3) is 5.56 Å². The number of carbonyl (C=O) groups is 1. The maximum absolute atomic E-state index is 13.4. The van der Waals surface area contributed by atoms with E-state index in [9.17, 15) is 9.59 Å². The highest BCUT2D eigenvalue weighted by atomic mass is 32.1. The Morgan fingerprint density at radius 2 is 1.80 bits per heavy atom. The van der Waals surface area contributed by atoms with Gasteiger partial charge in [0.15, 0.2) is 0 Å². The van der Waals surface area contributed by atoms with E-state index in [2.05, 4.69) is 28.7 Å². The fraction of sp³-hybridized carbons (Fsp3) is 0.208. The van der Waals surface area contributed by atoms with Crippen LogP contribution in [-0.2, 0) is 17.8 Å². The number of hydrogen-bond acceptors (Lipinski definition) is 4. The van der Waals surface area contributed by atoms with Gasteiger partial charge in [0.1, 0.15) is 6.54 Å². The van der Waals surface area contributed by atoms with Gasteiger partial charge < -0.3 is 4.90 Å². The van der Waals surface area contributed by atoms with E-state index in [1.807, 2.05) is 48.2 Å². The Bertz CT molecular complexity index is 1290. The highest BCUT2D eigenvalue weighted by Crippen LogP contribution is 2.37. The van der Waals surface area contributed by atoms with E-state index in [1.54, 1.807) is 17.4 Å². The van der Waals surface area contributed by atoms with Crippen LogP contribution in [0, 0.1) is 6.92 Å². The summed E-state index contributed by atoms with van der Waals surface area (Å²) in [6.45, 7) is 2.44. The molecule has 5 nitrogen and oxygen atoms in total. The molecule has 2 aromatic heterocycles. The topological polar surface area (TPSA) is 55.2 Å². The quantitative estimate of drug-likeness (QED) is 0.509. The Balaban J connectivity index is 1.52. The van der Waals surface area contributed by atoms with Crippen LogP contribution in [0.5, 0.6) is 0 Å². The first-order valence-corrected chi connectivity index (χ1v) is 10.9. The van der Waals surface area contributed by atoms with Crippen molar-refractivity contribution in [2.45, 2.75) is 25.9 Å². The lowest BCUT2D eigenvalue weighted by Crippen LogP contribution is -2.43. The predicted octanol–water partition coefficient (Wildman–Crippen LogP) is 3.94. The largest absolute Gasteiger partial charge is 0.330 e. The molecule has 0 spiro atoms. The molecule has 30 heavy (non-hydrogen) atoms. The van der Waals surface area contributed by atoms with Crippen LogP contribution < -0.4 is 5.56 Å². The van der Waals surface area contributed by atoms with Crippen molar-refractivity contribution in [3.05, 3.63) is 98.1 Å². The average molecular weight is 416 g/mol. The first-order valence-electron chi connectivity index (χ1n) is 10.0. The summed E-state index contributed by atoms with van der Waals surface area (Å²) < 4.78 is 1.31. The lowest BCUT2D eigenvalue weighted by Gasteiger charge is -2.36. The summed E-state index contributed by atoms with van der Waals surface area (Å²) in [5.41, 5.74) is 2.78. The van der Waals surface area contributed by atoms with E-state index >= 15 is 0 Å². The second kappa shape index (κ2) is 7.54. The molecule has 0 fully saturated rings. The molecule has 3 heterocycles. The van der Waals surface area contributed by atoms with E-state index in [0.29, 0.717) is 11.9 Å². The predicted molar refractivity (Wildman–Crippen MR) is 119 cm³/mol. The Morgan fingerprint density at radius 3 is 2.60 bits per heavy atom. The van der Waals surface area contributed by atoms with Gasteiger partial charge in [-0.2, -0.15) is 5.10 Å². The zero-order valence-corrected chi connectivity index (χ0v) is 17.4.